The molecule has 0 spiro atoms. The van der Waals surface area contributed by atoms with Crippen LogP contribution in [0.1, 0.15) is 24.0 Å². The van der Waals surface area contributed by atoms with Crippen molar-refractivity contribution < 1.29 is 18.3 Å². The van der Waals surface area contributed by atoms with Crippen LogP contribution in [-0.4, -0.2) is 33.3 Å². The fourth-order valence-electron chi connectivity index (χ4n) is 2.24. The molecule has 0 saturated carbocycles. The van der Waals surface area contributed by atoms with E-state index in [4.69, 9.17) is 9.84 Å². The molecule has 1 aliphatic heterocycles. The van der Waals surface area contributed by atoms with Gasteiger partial charge in [-0.1, -0.05) is 24.3 Å². The van der Waals surface area contributed by atoms with Crippen LogP contribution in [0.15, 0.2) is 24.3 Å². The van der Waals surface area contributed by atoms with Crippen molar-refractivity contribution in [2.75, 3.05) is 19.8 Å². The zero-order valence-electron chi connectivity index (χ0n) is 11.4. The second-order valence-electron chi connectivity index (χ2n) is 5.15. The van der Waals surface area contributed by atoms with Crippen molar-refractivity contribution >= 4 is 10.0 Å². The fraction of sp³-hybridized carbons (Fsp3) is 0.571. The summed E-state index contributed by atoms with van der Waals surface area (Å²) in [5.74, 6) is 0.446. The highest BCUT2D eigenvalue weighted by atomic mass is 32.2. The molecule has 1 aromatic carbocycles. The van der Waals surface area contributed by atoms with Gasteiger partial charge in [0.25, 0.3) is 0 Å². The highest BCUT2D eigenvalue weighted by molar-refractivity contribution is 7.88. The molecule has 0 aromatic heterocycles. The van der Waals surface area contributed by atoms with E-state index in [1.165, 1.54) is 0 Å². The lowest BCUT2D eigenvalue weighted by Gasteiger charge is -2.10. The summed E-state index contributed by atoms with van der Waals surface area (Å²) >= 11 is 0. The molecule has 0 radical (unpaired) electrons. The Morgan fingerprint density at radius 3 is 2.55 bits per heavy atom. The minimum Gasteiger partial charge on any atom is -0.392 e. The van der Waals surface area contributed by atoms with Gasteiger partial charge in [-0.05, 0) is 29.9 Å². The molecular weight excluding hydrogens is 278 g/mol. The topological polar surface area (TPSA) is 75.6 Å². The lowest BCUT2D eigenvalue weighted by atomic mass is 10.1. The van der Waals surface area contributed by atoms with E-state index < -0.39 is 10.0 Å². The highest BCUT2D eigenvalue weighted by Crippen LogP contribution is 2.15. The van der Waals surface area contributed by atoms with Gasteiger partial charge in [0, 0.05) is 19.8 Å². The number of aliphatic hydroxyl groups is 1. The number of aliphatic hydroxyl groups excluding tert-OH is 1. The molecule has 1 atom stereocenters. The maximum absolute atomic E-state index is 11.9. The summed E-state index contributed by atoms with van der Waals surface area (Å²) in [6.07, 6.45) is 1.84. The van der Waals surface area contributed by atoms with E-state index in [-0.39, 0.29) is 12.4 Å². The predicted molar refractivity (Wildman–Crippen MR) is 76.5 cm³/mol. The first-order valence-electron chi connectivity index (χ1n) is 6.83. The minimum atomic E-state index is -3.30. The first-order valence-corrected chi connectivity index (χ1v) is 8.48. The molecule has 5 nitrogen and oxygen atoms in total. The van der Waals surface area contributed by atoms with Crippen LogP contribution < -0.4 is 4.72 Å². The molecule has 1 heterocycles. The number of benzene rings is 1. The Bertz CT molecular complexity index is 506. The molecule has 0 amide bonds. The largest absolute Gasteiger partial charge is 0.392 e. The van der Waals surface area contributed by atoms with Gasteiger partial charge in [0.2, 0.25) is 10.0 Å². The first-order chi connectivity index (χ1) is 9.59. The molecule has 112 valence electrons. The lowest BCUT2D eigenvalue weighted by Crippen LogP contribution is -2.27. The van der Waals surface area contributed by atoms with Crippen molar-refractivity contribution in [3.63, 3.8) is 0 Å². The molecule has 20 heavy (non-hydrogen) atoms. The van der Waals surface area contributed by atoms with Gasteiger partial charge >= 0.3 is 0 Å². The van der Waals surface area contributed by atoms with Crippen LogP contribution in [0.5, 0.6) is 0 Å². The summed E-state index contributed by atoms with van der Waals surface area (Å²) in [5, 5.41) is 8.94. The Hall–Kier alpha value is -0.950. The first kappa shape index (κ1) is 15.4. The summed E-state index contributed by atoms with van der Waals surface area (Å²) in [7, 11) is -3.30. The number of hydrogen-bond donors (Lipinski definition) is 2. The smallest absolute Gasteiger partial charge is 0.215 e. The second-order valence-corrected chi connectivity index (χ2v) is 6.95. The number of ether oxygens (including phenoxy) is 1. The Morgan fingerprint density at radius 2 is 1.95 bits per heavy atom. The normalized spacial score (nSPS) is 19.4. The van der Waals surface area contributed by atoms with Crippen molar-refractivity contribution in [1.29, 1.82) is 0 Å². The van der Waals surface area contributed by atoms with Gasteiger partial charge in [0.1, 0.15) is 0 Å². The van der Waals surface area contributed by atoms with Gasteiger partial charge in [-0.15, -0.1) is 0 Å². The quantitative estimate of drug-likeness (QED) is 0.788. The van der Waals surface area contributed by atoms with E-state index in [2.05, 4.69) is 4.72 Å². The van der Waals surface area contributed by atoms with E-state index in [1.54, 1.807) is 24.3 Å². The molecule has 2 rings (SSSR count). The summed E-state index contributed by atoms with van der Waals surface area (Å²) in [6, 6.07) is 6.94. The summed E-state index contributed by atoms with van der Waals surface area (Å²) in [5.41, 5.74) is 1.50. The molecule has 0 aliphatic carbocycles. The van der Waals surface area contributed by atoms with Crippen molar-refractivity contribution in [1.82, 2.24) is 4.72 Å². The maximum Gasteiger partial charge on any atom is 0.215 e. The van der Waals surface area contributed by atoms with Gasteiger partial charge in [0.05, 0.1) is 12.4 Å². The molecule has 1 aliphatic rings. The number of nitrogens with one attached hydrogen (secondary N) is 1. The van der Waals surface area contributed by atoms with E-state index in [1.807, 2.05) is 0 Å². The molecule has 6 heteroatoms. The molecule has 1 fully saturated rings. The predicted octanol–water partition coefficient (Wildman–Crippen LogP) is 1.02. The average molecular weight is 299 g/mol. The molecular formula is C14H21NO4S. The highest BCUT2D eigenvalue weighted by Gasteiger charge is 2.17. The molecule has 1 unspecified atom stereocenters. The second kappa shape index (κ2) is 7.17. The van der Waals surface area contributed by atoms with E-state index in [0.29, 0.717) is 12.5 Å². The molecule has 0 bridgehead atoms. The van der Waals surface area contributed by atoms with Crippen molar-refractivity contribution in [2.24, 2.45) is 5.92 Å². The maximum atomic E-state index is 11.9. The Balaban J connectivity index is 1.79. The summed E-state index contributed by atoms with van der Waals surface area (Å²) < 4.78 is 31.8. The molecule has 1 aromatic rings. The van der Waals surface area contributed by atoms with E-state index in [0.717, 1.165) is 37.2 Å². The number of hydrogen-bond acceptors (Lipinski definition) is 4. The average Bonchev–Trinajstić information content (AvgIpc) is 2.92. The SMILES string of the molecule is O=S(=O)(Cc1ccc(CO)cc1)NCCC1CCOC1. The standard InChI is InChI=1S/C14H21NO4S/c16-9-12-1-3-14(4-2-12)11-20(17,18)15-7-5-13-6-8-19-10-13/h1-4,13,15-16H,5-11H2. The zero-order valence-corrected chi connectivity index (χ0v) is 12.2. The molecule has 2 N–H and O–H groups in total. The lowest BCUT2D eigenvalue weighted by molar-refractivity contribution is 0.184. The van der Waals surface area contributed by atoms with Gasteiger partial charge in [-0.2, -0.15) is 0 Å². The number of rotatable bonds is 7. The summed E-state index contributed by atoms with van der Waals surface area (Å²) in [4.78, 5) is 0. The third kappa shape index (κ3) is 4.86. The van der Waals surface area contributed by atoms with E-state index >= 15 is 0 Å². The van der Waals surface area contributed by atoms with Gasteiger partial charge < -0.3 is 9.84 Å². The van der Waals surface area contributed by atoms with Crippen LogP contribution in [-0.2, 0) is 27.1 Å². The fourth-order valence-corrected chi connectivity index (χ4v) is 3.40. The van der Waals surface area contributed by atoms with Crippen LogP contribution in [0, 0.1) is 5.92 Å². The van der Waals surface area contributed by atoms with Crippen LogP contribution >= 0.6 is 0 Å². The van der Waals surface area contributed by atoms with Gasteiger partial charge in [-0.25, -0.2) is 13.1 Å². The van der Waals surface area contributed by atoms with Gasteiger partial charge in [-0.3, -0.25) is 0 Å². The van der Waals surface area contributed by atoms with Crippen molar-refractivity contribution in [2.45, 2.75) is 25.2 Å². The van der Waals surface area contributed by atoms with Crippen LogP contribution in [0.4, 0.5) is 0 Å². The Morgan fingerprint density at radius 1 is 1.25 bits per heavy atom. The molecule has 1 saturated heterocycles. The third-order valence-electron chi connectivity index (χ3n) is 3.46. The third-order valence-corrected chi connectivity index (χ3v) is 4.82. The summed E-state index contributed by atoms with van der Waals surface area (Å²) in [6.45, 7) is 1.96. The number of sulfonamides is 1. The Kier molecular flexibility index (Phi) is 5.54. The van der Waals surface area contributed by atoms with Crippen LogP contribution in [0.2, 0.25) is 0 Å². The van der Waals surface area contributed by atoms with Crippen LogP contribution in [0.25, 0.3) is 0 Å². The zero-order chi connectivity index (χ0) is 14.4. The Labute approximate surface area is 120 Å². The van der Waals surface area contributed by atoms with Crippen molar-refractivity contribution in [3.05, 3.63) is 35.4 Å². The van der Waals surface area contributed by atoms with Crippen molar-refractivity contribution in [3.8, 4) is 0 Å². The monoisotopic (exact) mass is 299 g/mol. The minimum absolute atomic E-state index is 0.0279. The van der Waals surface area contributed by atoms with Gasteiger partial charge in [0.15, 0.2) is 0 Å². The van der Waals surface area contributed by atoms with E-state index in [9.17, 15) is 8.42 Å². The van der Waals surface area contributed by atoms with Crippen LogP contribution in [0.3, 0.4) is 0 Å².